The average molecular weight is 141 g/mol. The normalized spacial score (nSPS) is 9.70. The van der Waals surface area contributed by atoms with E-state index < -0.39 is 4.92 Å². The highest BCUT2D eigenvalue weighted by atomic mass is 16.6. The lowest BCUT2D eigenvalue weighted by Gasteiger charge is -1.89. The molecular weight excluding hydrogens is 134 g/mol. The molecule has 1 aromatic rings. The van der Waals surface area contributed by atoms with E-state index in [0.29, 0.717) is 5.69 Å². The Hall–Kier alpha value is -1.52. The minimum absolute atomic E-state index is 0.0278. The summed E-state index contributed by atoms with van der Waals surface area (Å²) in [7, 11) is 0. The number of nitrogens with two attached hydrogens (primary N) is 1. The zero-order chi connectivity index (χ0) is 7.72. The molecule has 0 saturated heterocycles. The van der Waals surface area contributed by atoms with Gasteiger partial charge in [0.1, 0.15) is 6.20 Å². The van der Waals surface area contributed by atoms with Crippen LogP contribution >= 0.6 is 0 Å². The van der Waals surface area contributed by atoms with Gasteiger partial charge in [0.05, 0.1) is 4.92 Å². The Morgan fingerprint density at radius 2 is 2.40 bits per heavy atom. The molecule has 0 unspecified atom stereocenters. The van der Waals surface area contributed by atoms with E-state index in [2.05, 4.69) is 0 Å². The van der Waals surface area contributed by atoms with Gasteiger partial charge in [-0.2, -0.15) is 0 Å². The second-order valence-electron chi connectivity index (χ2n) is 2.00. The summed E-state index contributed by atoms with van der Waals surface area (Å²) in [6.07, 6.45) is 1.27. The molecule has 10 heavy (non-hydrogen) atoms. The van der Waals surface area contributed by atoms with E-state index >= 15 is 0 Å². The molecule has 0 aliphatic rings. The lowest BCUT2D eigenvalue weighted by molar-refractivity contribution is -0.384. The van der Waals surface area contributed by atoms with Crippen molar-refractivity contribution in [3.8, 4) is 0 Å². The van der Waals surface area contributed by atoms with Crippen molar-refractivity contribution in [3.63, 3.8) is 0 Å². The van der Waals surface area contributed by atoms with Crippen molar-refractivity contribution >= 4 is 5.69 Å². The van der Waals surface area contributed by atoms with Gasteiger partial charge in [0.15, 0.2) is 0 Å². The summed E-state index contributed by atoms with van der Waals surface area (Å²) in [6.45, 7) is 1.70. The van der Waals surface area contributed by atoms with Gasteiger partial charge in [-0.1, -0.05) is 0 Å². The fraction of sp³-hybridized carbons (Fsp3) is 0.200. The smallest absolute Gasteiger partial charge is 0.289 e. The molecule has 1 aromatic heterocycles. The van der Waals surface area contributed by atoms with Crippen molar-refractivity contribution in [1.29, 1.82) is 0 Å². The molecule has 1 heterocycles. The number of nitrogens with zero attached hydrogens (tertiary/aromatic N) is 2. The number of rotatable bonds is 1. The van der Waals surface area contributed by atoms with Crippen LogP contribution < -0.4 is 5.84 Å². The maximum Gasteiger partial charge on any atom is 0.289 e. The van der Waals surface area contributed by atoms with Gasteiger partial charge in [0.2, 0.25) is 0 Å². The molecule has 0 bridgehead atoms. The highest BCUT2D eigenvalue weighted by Gasteiger charge is 2.08. The van der Waals surface area contributed by atoms with E-state index in [0.717, 1.165) is 0 Å². The lowest BCUT2D eigenvalue weighted by atomic mass is 10.4. The van der Waals surface area contributed by atoms with Gasteiger partial charge in [-0.3, -0.25) is 14.8 Å². The van der Waals surface area contributed by atoms with E-state index in [1.807, 2.05) is 0 Å². The first-order chi connectivity index (χ1) is 4.61. The number of nitrogen functional groups attached to an aromatic ring is 1. The second-order valence-corrected chi connectivity index (χ2v) is 2.00. The van der Waals surface area contributed by atoms with Gasteiger partial charge in [0.25, 0.3) is 5.69 Å². The van der Waals surface area contributed by atoms with Gasteiger partial charge in [0, 0.05) is 11.8 Å². The van der Waals surface area contributed by atoms with E-state index in [4.69, 9.17) is 5.84 Å². The largest absolute Gasteiger partial charge is 0.339 e. The van der Waals surface area contributed by atoms with Crippen LogP contribution in [0.15, 0.2) is 12.3 Å². The van der Waals surface area contributed by atoms with Crippen LogP contribution in [0, 0.1) is 17.0 Å². The maximum absolute atomic E-state index is 10.1. The van der Waals surface area contributed by atoms with Gasteiger partial charge < -0.3 is 5.84 Å². The molecule has 5 nitrogen and oxygen atoms in total. The number of aryl methyl sites for hydroxylation is 1. The third-order valence-corrected chi connectivity index (χ3v) is 1.25. The van der Waals surface area contributed by atoms with Crippen molar-refractivity contribution < 1.29 is 4.92 Å². The van der Waals surface area contributed by atoms with Crippen LogP contribution in [0.4, 0.5) is 5.69 Å². The van der Waals surface area contributed by atoms with Crippen molar-refractivity contribution in [2.45, 2.75) is 6.92 Å². The summed E-state index contributed by atoms with van der Waals surface area (Å²) in [4.78, 5) is 9.63. The van der Waals surface area contributed by atoms with E-state index in [1.54, 1.807) is 6.92 Å². The van der Waals surface area contributed by atoms with Crippen LogP contribution in [0.25, 0.3) is 0 Å². The molecule has 1 rings (SSSR count). The number of hydrogen-bond donors (Lipinski definition) is 1. The fourth-order valence-electron chi connectivity index (χ4n) is 0.670. The zero-order valence-electron chi connectivity index (χ0n) is 5.44. The zero-order valence-corrected chi connectivity index (χ0v) is 5.44. The Bertz CT molecular complexity index is 246. The molecule has 2 N–H and O–H groups in total. The predicted molar refractivity (Wildman–Crippen MR) is 36.0 cm³/mol. The predicted octanol–water partition coefficient (Wildman–Crippen LogP) is 0.419. The first-order valence-electron chi connectivity index (χ1n) is 2.69. The van der Waals surface area contributed by atoms with Gasteiger partial charge in [-0.05, 0) is 6.92 Å². The van der Waals surface area contributed by atoms with Crippen molar-refractivity contribution in [2.75, 3.05) is 5.84 Å². The van der Waals surface area contributed by atoms with Crippen LogP contribution in [0.3, 0.4) is 0 Å². The van der Waals surface area contributed by atoms with Crippen LogP contribution in [-0.2, 0) is 0 Å². The van der Waals surface area contributed by atoms with E-state index in [1.165, 1.54) is 16.9 Å². The molecule has 0 atom stereocenters. The average Bonchev–Trinajstić information content (AvgIpc) is 2.13. The SMILES string of the molecule is Cc1cc([N+](=O)[O-])cn1N. The Morgan fingerprint density at radius 3 is 2.60 bits per heavy atom. The van der Waals surface area contributed by atoms with Crippen molar-refractivity contribution in [1.82, 2.24) is 4.68 Å². The molecule has 0 radical (unpaired) electrons. The Labute approximate surface area is 57.2 Å². The first-order valence-corrected chi connectivity index (χ1v) is 2.69. The van der Waals surface area contributed by atoms with E-state index in [9.17, 15) is 10.1 Å². The molecule has 0 fully saturated rings. The minimum Gasteiger partial charge on any atom is -0.339 e. The molecule has 54 valence electrons. The van der Waals surface area contributed by atoms with Gasteiger partial charge in [-0.15, -0.1) is 0 Å². The van der Waals surface area contributed by atoms with Crippen LogP contribution in [0.2, 0.25) is 0 Å². The molecular formula is C5H7N3O2. The van der Waals surface area contributed by atoms with Crippen molar-refractivity contribution in [3.05, 3.63) is 28.1 Å². The van der Waals surface area contributed by atoms with E-state index in [-0.39, 0.29) is 5.69 Å². The molecule has 0 aliphatic heterocycles. The Kier molecular flexibility index (Phi) is 1.33. The molecule has 0 saturated carbocycles. The third-order valence-electron chi connectivity index (χ3n) is 1.25. The summed E-state index contributed by atoms with van der Waals surface area (Å²) in [5.41, 5.74) is 0.701. The summed E-state index contributed by atoms with van der Waals surface area (Å²) in [6, 6.07) is 1.42. The quantitative estimate of drug-likeness (QED) is 0.350. The fourth-order valence-corrected chi connectivity index (χ4v) is 0.670. The van der Waals surface area contributed by atoms with Gasteiger partial charge in [-0.25, -0.2) is 0 Å². The summed E-state index contributed by atoms with van der Waals surface area (Å²) < 4.78 is 1.22. The molecule has 0 aromatic carbocycles. The Balaban J connectivity index is 3.10. The first kappa shape index (κ1) is 6.60. The number of nitro groups is 1. The minimum atomic E-state index is -0.476. The topological polar surface area (TPSA) is 74.1 Å². The summed E-state index contributed by atoms with van der Waals surface area (Å²) in [5, 5.41) is 10.1. The molecule has 0 spiro atoms. The number of hydrogen-bond acceptors (Lipinski definition) is 3. The molecule has 5 heteroatoms. The second kappa shape index (κ2) is 2.02. The molecule has 0 amide bonds. The lowest BCUT2D eigenvalue weighted by Crippen LogP contribution is -2.07. The highest BCUT2D eigenvalue weighted by Crippen LogP contribution is 2.12. The summed E-state index contributed by atoms with van der Waals surface area (Å²) in [5.74, 6) is 5.29. The van der Waals surface area contributed by atoms with Crippen LogP contribution in [-0.4, -0.2) is 9.60 Å². The maximum atomic E-state index is 10.1. The third kappa shape index (κ3) is 0.928. The highest BCUT2D eigenvalue weighted by molar-refractivity contribution is 5.30. The van der Waals surface area contributed by atoms with Crippen LogP contribution in [0.1, 0.15) is 5.69 Å². The van der Waals surface area contributed by atoms with Crippen molar-refractivity contribution in [2.24, 2.45) is 0 Å². The van der Waals surface area contributed by atoms with Gasteiger partial charge >= 0.3 is 0 Å². The van der Waals surface area contributed by atoms with Crippen LogP contribution in [0.5, 0.6) is 0 Å². The number of aromatic nitrogens is 1. The standard InChI is InChI=1S/C5H7N3O2/c1-4-2-5(8(9)10)3-7(4)6/h2-3H,6H2,1H3. The monoisotopic (exact) mass is 141 g/mol. The Morgan fingerprint density at radius 1 is 1.80 bits per heavy atom. The summed E-state index contributed by atoms with van der Waals surface area (Å²) >= 11 is 0. The molecule has 0 aliphatic carbocycles.